The number of hydrogen-bond donors (Lipinski definition) is 1. The van der Waals surface area contributed by atoms with Crippen LogP contribution in [0.1, 0.15) is 59.9 Å². The third kappa shape index (κ3) is 4.68. The average Bonchev–Trinajstić information content (AvgIpc) is 2.95. The van der Waals surface area contributed by atoms with Crippen LogP contribution in [0, 0.1) is 26.7 Å². The topological polar surface area (TPSA) is 80.0 Å². The Bertz CT molecular complexity index is 1670. The van der Waals surface area contributed by atoms with Gasteiger partial charge in [-0.3, -0.25) is 4.79 Å². The maximum atomic E-state index is 13.3. The summed E-state index contributed by atoms with van der Waals surface area (Å²) in [5.41, 5.74) is 3.61. The van der Waals surface area contributed by atoms with E-state index in [4.69, 9.17) is 9.15 Å². The van der Waals surface area contributed by atoms with Crippen molar-refractivity contribution in [1.29, 1.82) is 0 Å². The molecule has 6 rings (SSSR count). The number of ether oxygens (including phenoxy) is 1. The van der Waals surface area contributed by atoms with Crippen LogP contribution in [0.2, 0.25) is 0 Å². The quantitative estimate of drug-likeness (QED) is 0.308. The second-order valence-electron chi connectivity index (χ2n) is 11.7. The lowest BCUT2D eigenvalue weighted by Crippen LogP contribution is -2.55. The normalized spacial score (nSPS) is 21.0. The number of likely N-dealkylation sites (tertiary alicyclic amines) is 1. The first-order valence-electron chi connectivity index (χ1n) is 14.4. The van der Waals surface area contributed by atoms with Gasteiger partial charge in [0.05, 0.1) is 17.6 Å². The molecule has 0 spiro atoms. The number of nitrogens with zero attached hydrogens (tertiary/aromatic N) is 1. The number of piperidine rings is 1. The van der Waals surface area contributed by atoms with E-state index in [1.165, 1.54) is 10.8 Å². The molecular formula is C34H37NO5. The Morgan fingerprint density at radius 1 is 1.00 bits per heavy atom. The number of fused-ring (bicyclic) bond motifs is 3. The molecule has 1 aromatic heterocycles. The van der Waals surface area contributed by atoms with E-state index in [1.807, 2.05) is 43.0 Å². The van der Waals surface area contributed by atoms with Crippen molar-refractivity contribution < 1.29 is 19.1 Å². The Morgan fingerprint density at radius 3 is 2.67 bits per heavy atom. The van der Waals surface area contributed by atoms with Crippen LogP contribution in [0.25, 0.3) is 21.7 Å². The van der Waals surface area contributed by atoms with Crippen molar-refractivity contribution in [2.45, 2.75) is 71.5 Å². The van der Waals surface area contributed by atoms with E-state index < -0.39 is 11.2 Å². The highest BCUT2D eigenvalue weighted by atomic mass is 16.5. The van der Waals surface area contributed by atoms with Crippen LogP contribution in [0.3, 0.4) is 0 Å². The van der Waals surface area contributed by atoms with E-state index in [-0.39, 0.29) is 18.2 Å². The summed E-state index contributed by atoms with van der Waals surface area (Å²) in [5.74, 6) is 0.704. The van der Waals surface area contributed by atoms with Crippen LogP contribution in [0.4, 0.5) is 0 Å². The van der Waals surface area contributed by atoms with Gasteiger partial charge in [-0.15, -0.1) is 0 Å². The monoisotopic (exact) mass is 539 g/mol. The van der Waals surface area contributed by atoms with Crippen LogP contribution >= 0.6 is 0 Å². The minimum atomic E-state index is -0.642. The lowest BCUT2D eigenvalue weighted by Gasteiger charge is -2.47. The molecule has 2 fully saturated rings. The first-order valence-corrected chi connectivity index (χ1v) is 14.4. The molecule has 0 radical (unpaired) electrons. The van der Waals surface area contributed by atoms with Crippen molar-refractivity contribution in [3.63, 3.8) is 0 Å². The summed E-state index contributed by atoms with van der Waals surface area (Å²) in [6.45, 7) is 7.37. The van der Waals surface area contributed by atoms with Crippen molar-refractivity contribution in [3.8, 4) is 5.75 Å². The first-order chi connectivity index (χ1) is 19.2. The fourth-order valence-corrected chi connectivity index (χ4v) is 6.78. The molecule has 1 saturated carbocycles. The standard InChI is InChI=1S/C34H37NO5/c1-21-11-12-24-8-4-5-10-27(24)29(21)20-39-30-14-13-26-22(2)28(33(37)40-32(26)23(30)3)18-31(36)35-17-16-34(38)15-7-6-9-25(34)19-35/h4-5,8,10-14,25,38H,6-7,9,15-20H2,1-3H3/t25-,34+/m0/s1. The average molecular weight is 540 g/mol. The van der Waals surface area contributed by atoms with Crippen LogP contribution < -0.4 is 10.4 Å². The fourth-order valence-electron chi connectivity index (χ4n) is 6.78. The summed E-state index contributed by atoms with van der Waals surface area (Å²) in [6.07, 6.45) is 4.52. The summed E-state index contributed by atoms with van der Waals surface area (Å²) < 4.78 is 12.1. The molecule has 6 nitrogen and oxygen atoms in total. The molecule has 40 heavy (non-hydrogen) atoms. The Hall–Kier alpha value is -3.64. The largest absolute Gasteiger partial charge is 0.488 e. The Balaban J connectivity index is 1.23. The van der Waals surface area contributed by atoms with Gasteiger partial charge in [-0.1, -0.05) is 49.2 Å². The second-order valence-corrected chi connectivity index (χ2v) is 11.7. The highest BCUT2D eigenvalue weighted by Crippen LogP contribution is 2.40. The summed E-state index contributed by atoms with van der Waals surface area (Å²) in [7, 11) is 0. The zero-order valence-electron chi connectivity index (χ0n) is 23.6. The minimum absolute atomic E-state index is 0.00686. The van der Waals surface area contributed by atoms with Crippen LogP contribution in [0.5, 0.6) is 5.75 Å². The number of amides is 1. The van der Waals surface area contributed by atoms with Crippen LogP contribution in [0.15, 0.2) is 57.7 Å². The zero-order valence-corrected chi connectivity index (χ0v) is 23.6. The number of carbonyl (C=O) groups excluding carboxylic acids is 1. The van der Waals surface area contributed by atoms with Crippen LogP contribution in [-0.2, 0) is 17.8 Å². The molecule has 1 amide bonds. The van der Waals surface area contributed by atoms with Gasteiger partial charge in [-0.25, -0.2) is 4.79 Å². The van der Waals surface area contributed by atoms with Gasteiger partial charge in [-0.05, 0) is 74.1 Å². The third-order valence-corrected chi connectivity index (χ3v) is 9.41. The molecule has 3 aromatic carbocycles. The Morgan fingerprint density at radius 2 is 1.82 bits per heavy atom. The molecule has 2 heterocycles. The number of hydrogen-bond acceptors (Lipinski definition) is 5. The number of rotatable bonds is 5. The molecule has 2 atom stereocenters. The van der Waals surface area contributed by atoms with Crippen molar-refractivity contribution >= 4 is 27.6 Å². The summed E-state index contributed by atoms with van der Waals surface area (Å²) in [5, 5.41) is 14.1. The molecule has 4 aromatic rings. The van der Waals surface area contributed by atoms with Gasteiger partial charge in [0.25, 0.3) is 0 Å². The smallest absolute Gasteiger partial charge is 0.340 e. The van der Waals surface area contributed by atoms with Gasteiger partial charge >= 0.3 is 5.63 Å². The number of benzene rings is 3. The highest BCUT2D eigenvalue weighted by Gasteiger charge is 2.43. The van der Waals surface area contributed by atoms with Crippen molar-refractivity contribution in [3.05, 3.63) is 86.8 Å². The fraction of sp³-hybridized carbons (Fsp3) is 0.412. The molecule has 6 heteroatoms. The summed E-state index contributed by atoms with van der Waals surface area (Å²) in [4.78, 5) is 28.3. The van der Waals surface area contributed by atoms with Crippen molar-refractivity contribution in [2.24, 2.45) is 5.92 Å². The molecular weight excluding hydrogens is 502 g/mol. The number of aliphatic hydroxyl groups is 1. The lowest BCUT2D eigenvalue weighted by molar-refractivity contribution is -0.142. The van der Waals surface area contributed by atoms with Gasteiger partial charge in [0.2, 0.25) is 5.91 Å². The van der Waals surface area contributed by atoms with E-state index in [9.17, 15) is 14.7 Å². The number of carbonyl (C=O) groups is 1. The maximum Gasteiger partial charge on any atom is 0.340 e. The summed E-state index contributed by atoms with van der Waals surface area (Å²) >= 11 is 0. The van der Waals surface area contributed by atoms with E-state index >= 15 is 0 Å². The van der Waals surface area contributed by atoms with Crippen LogP contribution in [-0.4, -0.2) is 34.6 Å². The van der Waals surface area contributed by atoms with Crippen molar-refractivity contribution in [2.75, 3.05) is 13.1 Å². The Kier molecular flexibility index (Phi) is 6.91. The molecule has 1 aliphatic carbocycles. The first kappa shape index (κ1) is 26.6. The summed E-state index contributed by atoms with van der Waals surface area (Å²) in [6, 6.07) is 16.3. The van der Waals surface area contributed by atoms with E-state index in [0.29, 0.717) is 43.0 Å². The molecule has 1 N–H and O–H groups in total. The van der Waals surface area contributed by atoms with Crippen molar-refractivity contribution in [1.82, 2.24) is 4.90 Å². The van der Waals surface area contributed by atoms with E-state index in [1.54, 1.807) is 0 Å². The third-order valence-electron chi connectivity index (χ3n) is 9.41. The highest BCUT2D eigenvalue weighted by molar-refractivity contribution is 5.88. The molecule has 2 aliphatic rings. The van der Waals surface area contributed by atoms with Gasteiger partial charge in [0.1, 0.15) is 17.9 Å². The molecule has 1 aliphatic heterocycles. The Labute approximate surface area is 234 Å². The minimum Gasteiger partial charge on any atom is -0.488 e. The maximum absolute atomic E-state index is 13.3. The van der Waals surface area contributed by atoms with E-state index in [0.717, 1.165) is 53.3 Å². The van der Waals surface area contributed by atoms with Gasteiger partial charge in [0.15, 0.2) is 0 Å². The van der Waals surface area contributed by atoms with Gasteiger partial charge in [-0.2, -0.15) is 0 Å². The predicted octanol–water partition coefficient (Wildman–Crippen LogP) is 6.15. The number of aryl methyl sites for hydroxylation is 3. The molecule has 0 unspecified atom stereocenters. The van der Waals surface area contributed by atoms with Gasteiger partial charge in [0, 0.05) is 35.5 Å². The molecule has 208 valence electrons. The van der Waals surface area contributed by atoms with Gasteiger partial charge < -0.3 is 19.2 Å². The second kappa shape index (κ2) is 10.4. The lowest BCUT2D eigenvalue weighted by atomic mass is 9.71. The van der Waals surface area contributed by atoms with E-state index in [2.05, 4.69) is 31.2 Å². The molecule has 1 saturated heterocycles. The predicted molar refractivity (Wildman–Crippen MR) is 157 cm³/mol. The SMILES string of the molecule is Cc1ccc2ccccc2c1COc1ccc2c(C)c(CC(=O)N3CC[C@]4(O)CCCC[C@H]4C3)c(=O)oc2c1C. The molecule has 0 bridgehead atoms. The zero-order chi connectivity index (χ0) is 28.0.